The van der Waals surface area contributed by atoms with Crippen molar-refractivity contribution in [2.24, 2.45) is 0 Å². The van der Waals surface area contributed by atoms with Gasteiger partial charge in [-0.15, -0.1) is 0 Å². The molecule has 1 aliphatic heterocycles. The number of aliphatic hydroxyl groups excluding tert-OH is 1. The number of ether oxygens (including phenoxy) is 4. The van der Waals surface area contributed by atoms with Gasteiger partial charge in [-0.25, -0.2) is 9.18 Å². The molecule has 1 aliphatic rings. The Bertz CT molecular complexity index is 1820. The third kappa shape index (κ3) is 5.17. The zero-order valence-corrected chi connectivity index (χ0v) is 24.1. The molecule has 9 nitrogen and oxygen atoms in total. The molecule has 6 rings (SSSR count). The third-order valence-electron chi connectivity index (χ3n) is 8.05. The summed E-state index contributed by atoms with van der Waals surface area (Å²) in [4.78, 5) is 27.5. The van der Waals surface area contributed by atoms with Crippen molar-refractivity contribution in [1.29, 1.82) is 0 Å². The molecule has 1 aromatic heterocycles. The minimum Gasteiger partial charge on any atom is -0.497 e. The normalized spacial score (nSPS) is 18.4. The van der Waals surface area contributed by atoms with Gasteiger partial charge in [0.25, 0.3) is 5.56 Å². The number of aliphatic hydroxyl groups is 1. The van der Waals surface area contributed by atoms with E-state index in [1.54, 1.807) is 14.2 Å². The molecule has 2 N–H and O–H groups in total. The lowest BCUT2D eigenvalue weighted by Crippen LogP contribution is -2.38. The second kappa shape index (κ2) is 12.1. The number of halogens is 1. The highest BCUT2D eigenvalue weighted by atomic mass is 19.1. The summed E-state index contributed by atoms with van der Waals surface area (Å²) < 4.78 is 39.6. The molecule has 226 valence electrons. The van der Waals surface area contributed by atoms with E-state index >= 15 is 0 Å². The van der Waals surface area contributed by atoms with E-state index < -0.39 is 41.1 Å². The van der Waals surface area contributed by atoms with E-state index in [-0.39, 0.29) is 23.9 Å². The molecular weight excluding hydrogens is 567 g/mol. The summed E-state index contributed by atoms with van der Waals surface area (Å²) in [6.45, 7) is -0.0744. The van der Waals surface area contributed by atoms with Gasteiger partial charge in [0, 0.05) is 6.42 Å². The highest BCUT2D eigenvalue weighted by molar-refractivity contribution is 5.78. The van der Waals surface area contributed by atoms with Gasteiger partial charge in [-0.3, -0.25) is 14.3 Å². The Balaban J connectivity index is 1.40. The maximum absolute atomic E-state index is 14.6. The molecule has 1 fully saturated rings. The molecule has 0 amide bonds. The molecule has 0 saturated carbocycles. The molecule has 44 heavy (non-hydrogen) atoms. The summed E-state index contributed by atoms with van der Waals surface area (Å²) in [5.74, 6) is 0.596. The number of nitrogens with one attached hydrogen (secondary N) is 1. The van der Waals surface area contributed by atoms with Crippen LogP contribution in [0.15, 0.2) is 107 Å². The number of aromatic nitrogens is 2. The molecule has 3 atom stereocenters. The Hall–Kier alpha value is -4.77. The van der Waals surface area contributed by atoms with E-state index in [0.717, 1.165) is 22.8 Å². The highest BCUT2D eigenvalue weighted by Gasteiger charge is 2.42. The molecule has 0 radical (unpaired) electrons. The van der Waals surface area contributed by atoms with Gasteiger partial charge in [-0.1, -0.05) is 60.7 Å². The van der Waals surface area contributed by atoms with Gasteiger partial charge in [0.15, 0.2) is 0 Å². The lowest BCUT2D eigenvalue weighted by Gasteiger charge is -2.37. The first-order valence-electron chi connectivity index (χ1n) is 14.1. The molecule has 10 heteroatoms. The first kappa shape index (κ1) is 29.3. The molecule has 0 aliphatic carbocycles. The number of rotatable bonds is 9. The average Bonchev–Trinajstić information content (AvgIpc) is 3.41. The topological polar surface area (TPSA) is 112 Å². The number of nitrogens with zero attached hydrogens (tertiary/aromatic N) is 1. The second-order valence-electron chi connectivity index (χ2n) is 10.5. The summed E-state index contributed by atoms with van der Waals surface area (Å²) in [6, 6.07) is 28.8. The molecule has 4 aromatic carbocycles. The van der Waals surface area contributed by atoms with E-state index in [1.807, 2.05) is 78.9 Å². The van der Waals surface area contributed by atoms with Gasteiger partial charge < -0.3 is 24.1 Å². The average molecular weight is 599 g/mol. The smallest absolute Gasteiger partial charge is 0.330 e. The zero-order chi connectivity index (χ0) is 30.8. The summed E-state index contributed by atoms with van der Waals surface area (Å²) in [7, 11) is 3.19. The first-order valence-corrected chi connectivity index (χ1v) is 14.1. The van der Waals surface area contributed by atoms with Crippen LogP contribution in [0.2, 0.25) is 0 Å². The van der Waals surface area contributed by atoms with Crippen molar-refractivity contribution in [1.82, 2.24) is 9.55 Å². The van der Waals surface area contributed by atoms with E-state index in [0.29, 0.717) is 11.5 Å². The number of aromatic amines is 1. The van der Waals surface area contributed by atoms with Crippen molar-refractivity contribution in [3.63, 3.8) is 0 Å². The predicted molar refractivity (Wildman–Crippen MR) is 162 cm³/mol. The fraction of sp³-hybridized carbons (Fsp3) is 0.235. The number of hydrogen-bond donors (Lipinski definition) is 2. The van der Waals surface area contributed by atoms with E-state index in [2.05, 4.69) is 4.98 Å². The Morgan fingerprint density at radius 3 is 2.05 bits per heavy atom. The minimum absolute atomic E-state index is 0.0228. The summed E-state index contributed by atoms with van der Waals surface area (Å²) in [5, 5.41) is 10.9. The van der Waals surface area contributed by atoms with Crippen LogP contribution in [0.3, 0.4) is 0 Å². The highest BCUT2D eigenvalue weighted by Crippen LogP contribution is 2.42. The zero-order valence-electron chi connectivity index (χ0n) is 24.1. The molecule has 1 saturated heterocycles. The standard InChI is InChI=1S/C34H31FN2O7/c1-41-24-15-11-22(12-16-24)34(21-7-4-3-5-8-21,23-13-17-25(42-2)18-14-23)43-20-29-28(38)19-30(44-29)37-27-10-6-9-26(35)31(27)32(39)36-33(37)40/h3-18,28-30,38H,19-20H2,1-2H3,(H,36,39,40)/t28-,29+,30-/m0/s1. The quantitative estimate of drug-likeness (QED) is 0.240. The molecule has 0 spiro atoms. The molecular formula is C34H31FN2O7. The Kier molecular flexibility index (Phi) is 8.05. The van der Waals surface area contributed by atoms with E-state index in [4.69, 9.17) is 18.9 Å². The van der Waals surface area contributed by atoms with Gasteiger partial charge in [0.1, 0.15) is 35.2 Å². The maximum Gasteiger partial charge on any atom is 0.330 e. The fourth-order valence-electron chi connectivity index (χ4n) is 5.86. The van der Waals surface area contributed by atoms with E-state index in [9.17, 15) is 19.1 Å². The van der Waals surface area contributed by atoms with E-state index in [1.165, 1.54) is 16.7 Å². The summed E-state index contributed by atoms with van der Waals surface area (Å²) >= 11 is 0. The van der Waals surface area contributed by atoms with Crippen LogP contribution in [0.1, 0.15) is 29.3 Å². The van der Waals surface area contributed by atoms with Crippen molar-refractivity contribution in [3.8, 4) is 11.5 Å². The van der Waals surface area contributed by atoms with Gasteiger partial charge >= 0.3 is 5.69 Å². The van der Waals surface area contributed by atoms with Crippen molar-refractivity contribution < 1.29 is 28.4 Å². The maximum atomic E-state index is 14.6. The number of benzene rings is 4. The Labute approximate surface area is 252 Å². The minimum atomic E-state index is -1.15. The van der Waals surface area contributed by atoms with Crippen molar-refractivity contribution in [3.05, 3.63) is 140 Å². The third-order valence-corrected chi connectivity index (χ3v) is 8.05. The Morgan fingerprint density at radius 1 is 0.864 bits per heavy atom. The molecule has 5 aromatic rings. The van der Waals surface area contributed by atoms with Crippen molar-refractivity contribution in [2.45, 2.75) is 30.5 Å². The SMILES string of the molecule is COc1ccc(C(OC[C@H]2O[C@H](n3c(=O)[nH]c(=O)c4c(F)cccc43)C[C@@H]2O)(c2ccccc2)c2ccc(OC)cc2)cc1. The van der Waals surface area contributed by atoms with Crippen LogP contribution in [-0.2, 0) is 15.1 Å². The molecule has 0 bridgehead atoms. The number of fused-ring (bicyclic) bond motifs is 1. The summed E-state index contributed by atoms with van der Waals surface area (Å²) in [5.41, 5.74) is -0.225. The second-order valence-corrected chi connectivity index (χ2v) is 10.5. The van der Waals surface area contributed by atoms with Gasteiger partial charge in [0.2, 0.25) is 0 Å². The van der Waals surface area contributed by atoms with Crippen molar-refractivity contribution >= 4 is 10.9 Å². The number of methoxy groups -OCH3 is 2. The lowest BCUT2D eigenvalue weighted by atomic mass is 9.80. The van der Waals surface area contributed by atoms with Gasteiger partial charge in [-0.2, -0.15) is 0 Å². The first-order chi connectivity index (χ1) is 21.3. The van der Waals surface area contributed by atoms with Crippen molar-refractivity contribution in [2.75, 3.05) is 20.8 Å². The summed E-state index contributed by atoms with van der Waals surface area (Å²) in [6.07, 6.45) is -2.83. The van der Waals surface area contributed by atoms with Crippen LogP contribution in [0.25, 0.3) is 10.9 Å². The Morgan fingerprint density at radius 2 is 1.45 bits per heavy atom. The monoisotopic (exact) mass is 598 g/mol. The van der Waals surface area contributed by atoms with Crippen LogP contribution in [-0.4, -0.2) is 47.7 Å². The predicted octanol–water partition coefficient (Wildman–Crippen LogP) is 4.50. The number of H-pyrrole nitrogens is 1. The van der Waals surface area contributed by atoms with Crippen LogP contribution in [0.5, 0.6) is 11.5 Å². The van der Waals surface area contributed by atoms with Crippen LogP contribution < -0.4 is 20.7 Å². The molecule has 2 heterocycles. The number of hydrogen-bond acceptors (Lipinski definition) is 7. The van der Waals surface area contributed by atoms with Crippen LogP contribution >= 0.6 is 0 Å². The van der Waals surface area contributed by atoms with Gasteiger partial charge in [0.05, 0.1) is 37.8 Å². The largest absolute Gasteiger partial charge is 0.497 e. The molecule has 0 unspecified atom stereocenters. The van der Waals surface area contributed by atoms with Gasteiger partial charge in [-0.05, 0) is 53.1 Å². The van der Waals surface area contributed by atoms with Crippen LogP contribution in [0.4, 0.5) is 4.39 Å². The van der Waals surface area contributed by atoms with Crippen LogP contribution in [0, 0.1) is 5.82 Å². The fourth-order valence-corrected chi connectivity index (χ4v) is 5.86. The lowest BCUT2D eigenvalue weighted by molar-refractivity contribution is -0.0936.